The molecule has 2 aromatic carbocycles. The van der Waals surface area contributed by atoms with Gasteiger partial charge in [0.15, 0.2) is 5.58 Å². The van der Waals surface area contributed by atoms with Crippen LogP contribution in [0.2, 0.25) is 0 Å². The average Bonchev–Trinajstić information content (AvgIpc) is 2.99. The van der Waals surface area contributed by atoms with Gasteiger partial charge in [0.2, 0.25) is 15.9 Å². The van der Waals surface area contributed by atoms with Crippen LogP contribution in [0.25, 0.3) is 11.1 Å². The summed E-state index contributed by atoms with van der Waals surface area (Å²) in [4.78, 5) is 25.5. The monoisotopic (exact) mass is 483 g/mol. The topological polar surface area (TPSA) is 102 Å². The fraction of sp³-hybridized carbons (Fsp3) is 0.440. The molecule has 0 unspecified atom stereocenters. The Morgan fingerprint density at radius 2 is 1.79 bits per heavy atom. The molecule has 0 saturated carbocycles. The molecule has 9 heteroatoms. The van der Waals surface area contributed by atoms with Crippen molar-refractivity contribution in [1.29, 1.82) is 0 Å². The van der Waals surface area contributed by atoms with Crippen molar-refractivity contribution in [1.82, 2.24) is 14.2 Å². The number of fused-ring (bicyclic) bond motifs is 2. The maximum absolute atomic E-state index is 13.1. The summed E-state index contributed by atoms with van der Waals surface area (Å²) in [5.41, 5.74) is 2.92. The van der Waals surface area contributed by atoms with Gasteiger partial charge < -0.3 is 9.73 Å². The van der Waals surface area contributed by atoms with E-state index in [2.05, 4.69) is 11.4 Å². The predicted octanol–water partition coefficient (Wildman–Crippen LogP) is 3.35. The first-order valence-electron chi connectivity index (χ1n) is 11.9. The van der Waals surface area contributed by atoms with Gasteiger partial charge in [0, 0.05) is 19.2 Å². The molecule has 2 heterocycles. The Kier molecular flexibility index (Phi) is 6.31. The number of sulfonamides is 1. The number of carbonyl (C=O) groups is 1. The van der Waals surface area contributed by atoms with Crippen LogP contribution in [-0.4, -0.2) is 36.3 Å². The second-order valence-electron chi connectivity index (χ2n) is 9.11. The molecule has 34 heavy (non-hydrogen) atoms. The highest BCUT2D eigenvalue weighted by Gasteiger charge is 2.27. The molecular formula is C25H29N3O5S. The molecule has 8 nitrogen and oxygen atoms in total. The SMILES string of the molecule is O=C(Cn1c(=O)oc2cc(S(=O)(=O)N3CCCCCC3)ccc21)N[C@H]1CCCc2ccccc21. The molecule has 2 aliphatic rings. The Morgan fingerprint density at radius 1 is 1.03 bits per heavy atom. The van der Waals surface area contributed by atoms with Gasteiger partial charge >= 0.3 is 5.76 Å². The fourth-order valence-corrected chi connectivity index (χ4v) is 6.61. The third kappa shape index (κ3) is 4.42. The van der Waals surface area contributed by atoms with Gasteiger partial charge in [0.05, 0.1) is 16.5 Å². The van der Waals surface area contributed by atoms with Gasteiger partial charge in [-0.3, -0.25) is 9.36 Å². The summed E-state index contributed by atoms with van der Waals surface area (Å²) in [6.07, 6.45) is 6.57. The lowest BCUT2D eigenvalue weighted by atomic mass is 9.88. The van der Waals surface area contributed by atoms with Crippen LogP contribution in [0, 0.1) is 0 Å². The lowest BCUT2D eigenvalue weighted by Crippen LogP contribution is -2.35. The molecule has 1 aliphatic heterocycles. The third-order valence-electron chi connectivity index (χ3n) is 6.85. The Balaban J connectivity index is 1.36. The van der Waals surface area contributed by atoms with Gasteiger partial charge in [-0.05, 0) is 55.4 Å². The molecule has 1 saturated heterocycles. The second kappa shape index (κ2) is 9.38. The number of nitrogens with one attached hydrogen (secondary N) is 1. The highest BCUT2D eigenvalue weighted by molar-refractivity contribution is 7.89. The number of nitrogens with zero attached hydrogens (tertiary/aromatic N) is 2. The zero-order valence-electron chi connectivity index (χ0n) is 19.0. The van der Waals surface area contributed by atoms with Gasteiger partial charge in [0.1, 0.15) is 6.54 Å². The zero-order chi connectivity index (χ0) is 23.7. The molecule has 3 aromatic rings. The molecule has 1 aliphatic carbocycles. The first-order chi connectivity index (χ1) is 16.4. The number of oxazole rings is 1. The number of aromatic nitrogens is 1. The predicted molar refractivity (Wildman–Crippen MR) is 128 cm³/mol. The van der Waals surface area contributed by atoms with Crippen molar-refractivity contribution in [2.24, 2.45) is 0 Å². The highest BCUT2D eigenvalue weighted by Crippen LogP contribution is 2.29. The van der Waals surface area contributed by atoms with Crippen LogP contribution in [0.4, 0.5) is 0 Å². The van der Waals surface area contributed by atoms with E-state index in [1.807, 2.05) is 18.2 Å². The van der Waals surface area contributed by atoms with Crippen molar-refractivity contribution in [2.45, 2.75) is 62.4 Å². The molecule has 1 aromatic heterocycles. The molecule has 1 atom stereocenters. The number of aryl methyl sites for hydroxylation is 1. The summed E-state index contributed by atoms with van der Waals surface area (Å²) < 4.78 is 34.3. The third-order valence-corrected chi connectivity index (χ3v) is 8.74. The van der Waals surface area contributed by atoms with E-state index in [4.69, 9.17) is 4.42 Å². The minimum Gasteiger partial charge on any atom is -0.408 e. The van der Waals surface area contributed by atoms with E-state index in [-0.39, 0.29) is 29.0 Å². The molecule has 1 fully saturated rings. The lowest BCUT2D eigenvalue weighted by Gasteiger charge is -2.26. The van der Waals surface area contributed by atoms with Gasteiger partial charge in [0.25, 0.3) is 0 Å². The van der Waals surface area contributed by atoms with Crippen molar-refractivity contribution >= 4 is 27.0 Å². The van der Waals surface area contributed by atoms with E-state index in [1.165, 1.54) is 26.6 Å². The van der Waals surface area contributed by atoms with Crippen LogP contribution in [0.3, 0.4) is 0 Å². The number of carbonyl (C=O) groups excluding carboxylic acids is 1. The maximum atomic E-state index is 13.1. The first-order valence-corrected chi connectivity index (χ1v) is 13.4. The molecule has 0 spiro atoms. The minimum absolute atomic E-state index is 0.0864. The Bertz CT molecular complexity index is 1370. The minimum atomic E-state index is -3.67. The Hall–Kier alpha value is -2.91. The molecule has 0 bridgehead atoms. The molecular weight excluding hydrogens is 454 g/mol. The van der Waals surface area contributed by atoms with E-state index >= 15 is 0 Å². The summed E-state index contributed by atoms with van der Waals surface area (Å²) >= 11 is 0. The normalized spacial score (nSPS) is 19.5. The van der Waals surface area contributed by atoms with Crippen LogP contribution in [0.15, 0.2) is 56.6 Å². The number of hydrogen-bond acceptors (Lipinski definition) is 5. The second-order valence-corrected chi connectivity index (χ2v) is 11.1. The maximum Gasteiger partial charge on any atom is 0.420 e. The number of rotatable bonds is 5. The molecule has 5 rings (SSSR count). The standard InChI is InChI=1S/C25H29N3O5S/c29-24(26-21-11-7-9-18-8-3-4-10-20(18)21)17-28-22-13-12-19(16-23(22)33-25(28)30)34(31,32)27-14-5-1-2-6-15-27/h3-4,8,10,12-13,16,21H,1-2,5-7,9,11,14-15,17H2,(H,26,29)/t21-/m0/s1. The van der Waals surface area contributed by atoms with Gasteiger partial charge in [-0.25, -0.2) is 13.2 Å². The number of amides is 1. The molecule has 1 amide bonds. The van der Waals surface area contributed by atoms with Gasteiger partial charge in [-0.1, -0.05) is 37.1 Å². The first kappa shape index (κ1) is 22.9. The van der Waals surface area contributed by atoms with Crippen LogP contribution in [0.5, 0.6) is 0 Å². The van der Waals surface area contributed by atoms with E-state index in [0.717, 1.165) is 50.5 Å². The van der Waals surface area contributed by atoms with Crippen LogP contribution in [-0.2, 0) is 27.8 Å². The molecule has 180 valence electrons. The van der Waals surface area contributed by atoms with Crippen molar-refractivity contribution in [2.75, 3.05) is 13.1 Å². The molecule has 0 radical (unpaired) electrons. The van der Waals surface area contributed by atoms with Crippen molar-refractivity contribution in [3.63, 3.8) is 0 Å². The largest absolute Gasteiger partial charge is 0.420 e. The number of hydrogen-bond donors (Lipinski definition) is 1. The van der Waals surface area contributed by atoms with E-state index < -0.39 is 15.8 Å². The van der Waals surface area contributed by atoms with Crippen molar-refractivity contribution in [3.05, 3.63) is 64.1 Å². The van der Waals surface area contributed by atoms with E-state index in [1.54, 1.807) is 6.07 Å². The smallest absolute Gasteiger partial charge is 0.408 e. The lowest BCUT2D eigenvalue weighted by molar-refractivity contribution is -0.122. The van der Waals surface area contributed by atoms with Crippen molar-refractivity contribution in [3.8, 4) is 0 Å². The summed E-state index contributed by atoms with van der Waals surface area (Å²) in [6.45, 7) is 0.800. The number of benzene rings is 2. The fourth-order valence-electron chi connectivity index (χ4n) is 5.08. The Labute approximate surface area is 198 Å². The summed E-state index contributed by atoms with van der Waals surface area (Å²) in [5.74, 6) is -0.966. The molecule has 1 N–H and O–H groups in total. The Morgan fingerprint density at radius 3 is 2.59 bits per heavy atom. The quantitative estimate of drug-likeness (QED) is 0.600. The van der Waals surface area contributed by atoms with E-state index in [9.17, 15) is 18.0 Å². The van der Waals surface area contributed by atoms with Gasteiger partial charge in [-0.2, -0.15) is 4.31 Å². The van der Waals surface area contributed by atoms with Crippen LogP contribution >= 0.6 is 0 Å². The summed E-state index contributed by atoms with van der Waals surface area (Å²) in [5, 5.41) is 3.05. The van der Waals surface area contributed by atoms with E-state index in [0.29, 0.717) is 18.6 Å². The zero-order valence-corrected chi connectivity index (χ0v) is 19.9. The summed E-state index contributed by atoms with van der Waals surface area (Å²) in [7, 11) is -3.67. The van der Waals surface area contributed by atoms with Crippen LogP contribution in [0.1, 0.15) is 55.7 Å². The average molecular weight is 484 g/mol. The van der Waals surface area contributed by atoms with Gasteiger partial charge in [-0.15, -0.1) is 0 Å². The van der Waals surface area contributed by atoms with Crippen LogP contribution < -0.4 is 11.1 Å². The summed E-state index contributed by atoms with van der Waals surface area (Å²) in [6, 6.07) is 12.4. The van der Waals surface area contributed by atoms with Crippen molar-refractivity contribution < 1.29 is 17.6 Å². The highest BCUT2D eigenvalue weighted by atomic mass is 32.2.